The van der Waals surface area contributed by atoms with Gasteiger partial charge in [0, 0.05) is 0 Å². The van der Waals surface area contributed by atoms with Gasteiger partial charge in [0.15, 0.2) is 0 Å². The monoisotopic (exact) mass is 195 g/mol. The summed E-state index contributed by atoms with van der Waals surface area (Å²) in [7, 11) is 1.79. The maximum Gasteiger partial charge on any atom is 0.391 e. The Kier molecular flexibility index (Phi) is 3.59. The average Bonchev–Trinajstić information content (AvgIpc) is 2.04. The molecule has 1 rings (SSSR count). The van der Waals surface area contributed by atoms with Crippen molar-refractivity contribution in [3.8, 4) is 0 Å². The Hall–Kier alpha value is -0.250. The van der Waals surface area contributed by atoms with Gasteiger partial charge in [-0.15, -0.1) is 0 Å². The fourth-order valence-corrected chi connectivity index (χ4v) is 2.06. The lowest BCUT2D eigenvalue weighted by Gasteiger charge is -2.30. The fourth-order valence-electron chi connectivity index (χ4n) is 2.06. The lowest BCUT2D eigenvalue weighted by molar-refractivity contribution is -0.185. The standard InChI is InChI=1S/C9H16F3N/c1-13-6-7-3-2-4-8(5-7)9(10,11)12/h7-8,13H,2-6H2,1H3/t7-,8-/m1/s1. The van der Waals surface area contributed by atoms with Gasteiger partial charge in [-0.3, -0.25) is 0 Å². The topological polar surface area (TPSA) is 12.0 Å². The first-order valence-electron chi connectivity index (χ1n) is 4.75. The number of hydrogen-bond donors (Lipinski definition) is 1. The molecule has 0 aromatic rings. The molecule has 1 N–H and O–H groups in total. The zero-order valence-corrected chi connectivity index (χ0v) is 7.82. The predicted octanol–water partition coefficient (Wildman–Crippen LogP) is 2.57. The van der Waals surface area contributed by atoms with Gasteiger partial charge in [-0.05, 0) is 38.8 Å². The van der Waals surface area contributed by atoms with Gasteiger partial charge in [0.05, 0.1) is 5.92 Å². The van der Waals surface area contributed by atoms with E-state index >= 15 is 0 Å². The Balaban J connectivity index is 2.42. The van der Waals surface area contributed by atoms with E-state index in [1.165, 1.54) is 0 Å². The van der Waals surface area contributed by atoms with Gasteiger partial charge in [0.2, 0.25) is 0 Å². The third-order valence-electron chi connectivity index (χ3n) is 2.74. The van der Waals surface area contributed by atoms with Crippen LogP contribution in [0.1, 0.15) is 25.7 Å². The highest BCUT2D eigenvalue weighted by atomic mass is 19.4. The molecule has 0 aliphatic heterocycles. The molecule has 1 fully saturated rings. The molecule has 1 nitrogen and oxygen atoms in total. The van der Waals surface area contributed by atoms with E-state index in [4.69, 9.17) is 0 Å². The molecule has 0 spiro atoms. The van der Waals surface area contributed by atoms with Gasteiger partial charge in [0.1, 0.15) is 0 Å². The van der Waals surface area contributed by atoms with Crippen molar-refractivity contribution < 1.29 is 13.2 Å². The summed E-state index contributed by atoms with van der Waals surface area (Å²) in [6.45, 7) is 0.715. The Morgan fingerprint density at radius 2 is 2.00 bits per heavy atom. The first-order chi connectivity index (χ1) is 6.04. The number of halogens is 3. The van der Waals surface area contributed by atoms with Gasteiger partial charge in [-0.1, -0.05) is 6.42 Å². The Morgan fingerprint density at radius 1 is 1.31 bits per heavy atom. The number of nitrogens with one attached hydrogen (secondary N) is 1. The van der Waals surface area contributed by atoms with Gasteiger partial charge in [-0.2, -0.15) is 13.2 Å². The van der Waals surface area contributed by atoms with E-state index in [-0.39, 0.29) is 5.92 Å². The highest BCUT2D eigenvalue weighted by Crippen LogP contribution is 2.39. The van der Waals surface area contributed by atoms with E-state index in [1.807, 2.05) is 0 Å². The molecule has 0 aromatic heterocycles. The molecule has 0 bridgehead atoms. The maximum atomic E-state index is 12.3. The summed E-state index contributed by atoms with van der Waals surface area (Å²) in [6, 6.07) is 0. The van der Waals surface area contributed by atoms with E-state index in [0.29, 0.717) is 19.4 Å². The summed E-state index contributed by atoms with van der Waals surface area (Å²) in [6.07, 6.45) is -1.69. The SMILES string of the molecule is CNC[C@@H]1CCC[C@@H](C(F)(F)F)C1. The number of alkyl halides is 3. The average molecular weight is 195 g/mol. The van der Waals surface area contributed by atoms with Crippen LogP contribution in [0.25, 0.3) is 0 Å². The van der Waals surface area contributed by atoms with Crippen LogP contribution in [0.5, 0.6) is 0 Å². The van der Waals surface area contributed by atoms with Gasteiger partial charge >= 0.3 is 6.18 Å². The minimum atomic E-state index is -3.98. The molecule has 13 heavy (non-hydrogen) atoms. The highest BCUT2D eigenvalue weighted by molar-refractivity contribution is 4.78. The third-order valence-corrected chi connectivity index (χ3v) is 2.74. The molecule has 0 amide bonds. The van der Waals surface area contributed by atoms with Crippen LogP contribution in [0, 0.1) is 11.8 Å². The molecule has 4 heteroatoms. The fraction of sp³-hybridized carbons (Fsp3) is 1.00. The highest BCUT2D eigenvalue weighted by Gasteiger charge is 2.41. The smallest absolute Gasteiger partial charge is 0.319 e. The van der Waals surface area contributed by atoms with Crippen molar-refractivity contribution in [2.45, 2.75) is 31.9 Å². The summed E-state index contributed by atoms with van der Waals surface area (Å²) in [5.74, 6) is -0.843. The Labute approximate surface area is 76.7 Å². The van der Waals surface area contributed by atoms with Gasteiger partial charge in [-0.25, -0.2) is 0 Å². The second-order valence-electron chi connectivity index (χ2n) is 3.83. The molecule has 1 aliphatic carbocycles. The van der Waals surface area contributed by atoms with Crippen LogP contribution in [0.3, 0.4) is 0 Å². The van der Waals surface area contributed by atoms with Crippen LogP contribution in [-0.2, 0) is 0 Å². The normalized spacial score (nSPS) is 30.5. The minimum Gasteiger partial charge on any atom is -0.319 e. The Morgan fingerprint density at radius 3 is 2.54 bits per heavy atom. The Bertz CT molecular complexity index is 153. The first-order valence-corrected chi connectivity index (χ1v) is 4.75. The minimum absolute atomic E-state index is 0.213. The molecule has 2 atom stereocenters. The maximum absolute atomic E-state index is 12.3. The second-order valence-corrected chi connectivity index (χ2v) is 3.83. The molecule has 78 valence electrons. The summed E-state index contributed by atoms with van der Waals surface area (Å²) >= 11 is 0. The van der Waals surface area contributed by atoms with Crippen LogP contribution < -0.4 is 5.32 Å². The first kappa shape index (κ1) is 10.8. The van der Waals surface area contributed by atoms with Crippen molar-refractivity contribution in [2.75, 3.05) is 13.6 Å². The summed E-state index contributed by atoms with van der Waals surface area (Å²) in [5.41, 5.74) is 0. The van der Waals surface area contributed by atoms with Crippen molar-refractivity contribution >= 4 is 0 Å². The van der Waals surface area contributed by atoms with Crippen LogP contribution in [0.4, 0.5) is 13.2 Å². The zero-order chi connectivity index (χ0) is 9.90. The van der Waals surface area contributed by atoms with Crippen LogP contribution in [0.2, 0.25) is 0 Å². The van der Waals surface area contributed by atoms with Gasteiger partial charge in [0.25, 0.3) is 0 Å². The quantitative estimate of drug-likeness (QED) is 0.714. The summed E-state index contributed by atoms with van der Waals surface area (Å²) in [4.78, 5) is 0. The molecule has 0 aromatic carbocycles. The van der Waals surface area contributed by atoms with Crippen LogP contribution in [0.15, 0.2) is 0 Å². The second kappa shape index (κ2) is 4.31. The largest absolute Gasteiger partial charge is 0.391 e. The third kappa shape index (κ3) is 3.18. The molecular weight excluding hydrogens is 179 g/mol. The van der Waals surface area contributed by atoms with Gasteiger partial charge < -0.3 is 5.32 Å². The van der Waals surface area contributed by atoms with Crippen molar-refractivity contribution in [3.05, 3.63) is 0 Å². The lowest BCUT2D eigenvalue weighted by Crippen LogP contribution is -2.32. The molecule has 0 heterocycles. The summed E-state index contributed by atoms with van der Waals surface area (Å²) in [5, 5.41) is 2.94. The van der Waals surface area contributed by atoms with Crippen molar-refractivity contribution in [1.82, 2.24) is 5.32 Å². The van der Waals surface area contributed by atoms with Crippen molar-refractivity contribution in [1.29, 1.82) is 0 Å². The molecule has 0 radical (unpaired) electrons. The molecule has 0 saturated heterocycles. The molecular formula is C9H16F3N. The predicted molar refractivity (Wildman–Crippen MR) is 45.4 cm³/mol. The lowest BCUT2D eigenvalue weighted by atomic mass is 9.81. The van der Waals surface area contributed by atoms with Crippen LogP contribution >= 0.6 is 0 Å². The molecule has 0 unspecified atom stereocenters. The van der Waals surface area contributed by atoms with Crippen molar-refractivity contribution in [2.24, 2.45) is 11.8 Å². The van der Waals surface area contributed by atoms with E-state index in [1.54, 1.807) is 7.05 Å². The van der Waals surface area contributed by atoms with Crippen LogP contribution in [-0.4, -0.2) is 19.8 Å². The number of hydrogen-bond acceptors (Lipinski definition) is 1. The van der Waals surface area contributed by atoms with E-state index in [2.05, 4.69) is 5.32 Å². The van der Waals surface area contributed by atoms with E-state index < -0.39 is 12.1 Å². The molecule has 1 aliphatic rings. The summed E-state index contributed by atoms with van der Waals surface area (Å²) < 4.78 is 37.0. The van der Waals surface area contributed by atoms with E-state index in [9.17, 15) is 13.2 Å². The number of rotatable bonds is 2. The van der Waals surface area contributed by atoms with Crippen molar-refractivity contribution in [3.63, 3.8) is 0 Å². The van der Waals surface area contributed by atoms with E-state index in [0.717, 1.165) is 12.8 Å². The molecule has 1 saturated carbocycles. The zero-order valence-electron chi connectivity index (χ0n) is 7.82.